The van der Waals surface area contributed by atoms with E-state index in [1.807, 2.05) is 30.3 Å². The molecule has 1 unspecified atom stereocenters. The van der Waals surface area contributed by atoms with Crippen LogP contribution in [0.25, 0.3) is 10.9 Å². The first kappa shape index (κ1) is 13.6. The van der Waals surface area contributed by atoms with Crippen molar-refractivity contribution in [2.75, 3.05) is 31.3 Å². The van der Waals surface area contributed by atoms with Gasteiger partial charge in [-0.05, 0) is 36.8 Å². The molecule has 0 aliphatic heterocycles. The van der Waals surface area contributed by atoms with Crippen molar-refractivity contribution in [1.29, 1.82) is 0 Å². The zero-order valence-electron chi connectivity index (χ0n) is 11.0. The second-order valence-corrected chi connectivity index (χ2v) is 4.47. The summed E-state index contributed by atoms with van der Waals surface area (Å²) in [6, 6.07) is 9.52. The quantitative estimate of drug-likeness (QED) is 0.689. The summed E-state index contributed by atoms with van der Waals surface area (Å²) in [6.07, 6.45) is 0.174. The Hall–Kier alpha value is -1.85. The number of aliphatic hydroxyl groups excluding tert-OH is 1. The number of aliphatic hydroxyl groups is 1. The highest BCUT2D eigenvalue weighted by Crippen LogP contribution is 2.17. The highest BCUT2D eigenvalue weighted by Gasteiger charge is 2.03. The van der Waals surface area contributed by atoms with Crippen molar-refractivity contribution in [3.8, 4) is 0 Å². The van der Waals surface area contributed by atoms with Crippen molar-refractivity contribution in [3.05, 3.63) is 30.3 Å². The smallest absolute Gasteiger partial charge is 0.126 e. The molecule has 19 heavy (non-hydrogen) atoms. The predicted molar refractivity (Wildman–Crippen MR) is 77.1 cm³/mol. The lowest BCUT2D eigenvalue weighted by Crippen LogP contribution is -2.18. The lowest BCUT2D eigenvalue weighted by atomic mass is 10.2. The van der Waals surface area contributed by atoms with Crippen molar-refractivity contribution >= 4 is 22.4 Å². The van der Waals surface area contributed by atoms with Gasteiger partial charge in [-0.1, -0.05) is 0 Å². The van der Waals surface area contributed by atoms with Crippen LogP contribution in [0.5, 0.6) is 0 Å². The molecular formula is C14H19N3O2. The first-order valence-corrected chi connectivity index (χ1v) is 6.26. The van der Waals surface area contributed by atoms with Gasteiger partial charge in [-0.15, -0.1) is 0 Å². The average molecular weight is 261 g/mol. The number of methoxy groups -OCH3 is 1. The first-order chi connectivity index (χ1) is 9.19. The highest BCUT2D eigenvalue weighted by molar-refractivity contribution is 5.83. The number of hydrogen-bond acceptors (Lipinski definition) is 5. The molecule has 5 nitrogen and oxygen atoms in total. The number of anilines is 2. The molecule has 0 saturated heterocycles. The van der Waals surface area contributed by atoms with Crippen molar-refractivity contribution in [1.82, 2.24) is 4.98 Å². The summed E-state index contributed by atoms with van der Waals surface area (Å²) in [5, 5.41) is 13.7. The molecule has 0 fully saturated rings. The molecule has 1 atom stereocenters. The van der Waals surface area contributed by atoms with Crippen LogP contribution in [0.3, 0.4) is 0 Å². The first-order valence-electron chi connectivity index (χ1n) is 6.26. The Morgan fingerprint density at radius 2 is 2.21 bits per heavy atom. The van der Waals surface area contributed by atoms with Gasteiger partial charge in [-0.2, -0.15) is 0 Å². The molecule has 1 aromatic carbocycles. The molecule has 0 spiro atoms. The minimum absolute atomic E-state index is 0.353. The minimum Gasteiger partial charge on any atom is -0.399 e. The number of nitrogen functional groups attached to an aromatic ring is 1. The van der Waals surface area contributed by atoms with Crippen LogP contribution in [-0.2, 0) is 4.74 Å². The second kappa shape index (κ2) is 6.36. The summed E-state index contributed by atoms with van der Waals surface area (Å²) >= 11 is 0. The SMILES string of the molecule is COCC(O)CCNc1ccc2cc(N)ccc2n1. The van der Waals surface area contributed by atoms with E-state index in [1.165, 1.54) is 0 Å². The van der Waals surface area contributed by atoms with Gasteiger partial charge < -0.3 is 20.9 Å². The van der Waals surface area contributed by atoms with Crippen molar-refractivity contribution in [2.45, 2.75) is 12.5 Å². The lowest BCUT2D eigenvalue weighted by Gasteiger charge is -2.11. The Morgan fingerprint density at radius 1 is 1.37 bits per heavy atom. The third kappa shape index (κ3) is 3.81. The molecule has 1 heterocycles. The molecule has 0 amide bonds. The molecule has 5 heteroatoms. The normalized spacial score (nSPS) is 12.5. The van der Waals surface area contributed by atoms with Gasteiger partial charge in [0, 0.05) is 24.7 Å². The van der Waals surface area contributed by atoms with Crippen molar-refractivity contribution in [2.24, 2.45) is 0 Å². The number of pyridine rings is 1. The van der Waals surface area contributed by atoms with Crippen LogP contribution in [0, 0.1) is 0 Å². The summed E-state index contributed by atoms with van der Waals surface area (Å²) in [7, 11) is 1.58. The maximum atomic E-state index is 9.53. The van der Waals surface area contributed by atoms with Gasteiger partial charge in [-0.3, -0.25) is 0 Å². The van der Waals surface area contributed by atoms with E-state index >= 15 is 0 Å². The van der Waals surface area contributed by atoms with Gasteiger partial charge in [0.05, 0.1) is 18.2 Å². The van der Waals surface area contributed by atoms with Crippen molar-refractivity contribution in [3.63, 3.8) is 0 Å². The van der Waals surface area contributed by atoms with E-state index in [1.54, 1.807) is 7.11 Å². The molecule has 2 aromatic rings. The van der Waals surface area contributed by atoms with Gasteiger partial charge in [-0.25, -0.2) is 4.98 Å². The molecule has 0 bridgehead atoms. The number of benzene rings is 1. The second-order valence-electron chi connectivity index (χ2n) is 4.47. The minimum atomic E-state index is -0.447. The van der Waals surface area contributed by atoms with Crippen LogP contribution < -0.4 is 11.1 Å². The number of ether oxygens (including phenoxy) is 1. The predicted octanol–water partition coefficient (Wildman–Crippen LogP) is 1.63. The van der Waals surface area contributed by atoms with Crippen LogP contribution in [0.15, 0.2) is 30.3 Å². The van der Waals surface area contributed by atoms with E-state index in [4.69, 9.17) is 10.5 Å². The zero-order chi connectivity index (χ0) is 13.7. The van der Waals surface area contributed by atoms with Crippen molar-refractivity contribution < 1.29 is 9.84 Å². The van der Waals surface area contributed by atoms with Crippen LogP contribution in [0.4, 0.5) is 11.5 Å². The van der Waals surface area contributed by atoms with Gasteiger partial charge >= 0.3 is 0 Å². The number of nitrogens with one attached hydrogen (secondary N) is 1. The highest BCUT2D eigenvalue weighted by atomic mass is 16.5. The summed E-state index contributed by atoms with van der Waals surface area (Å²) in [5.74, 6) is 0.793. The van der Waals surface area contributed by atoms with E-state index in [0.29, 0.717) is 19.6 Å². The molecule has 1 aromatic heterocycles. The fourth-order valence-electron chi connectivity index (χ4n) is 1.89. The Bertz CT molecular complexity index is 545. The maximum Gasteiger partial charge on any atom is 0.126 e. The fourth-order valence-corrected chi connectivity index (χ4v) is 1.89. The summed E-state index contributed by atoms with van der Waals surface area (Å²) in [6.45, 7) is 1.00. The lowest BCUT2D eigenvalue weighted by molar-refractivity contribution is 0.0615. The Labute approximate surface area is 112 Å². The molecule has 0 aliphatic carbocycles. The summed E-state index contributed by atoms with van der Waals surface area (Å²) in [5.41, 5.74) is 7.35. The number of nitrogens with zero attached hydrogens (tertiary/aromatic N) is 1. The molecular weight excluding hydrogens is 242 g/mol. The van der Waals surface area contributed by atoms with Crippen LogP contribution >= 0.6 is 0 Å². The van der Waals surface area contributed by atoms with Gasteiger partial charge in [0.25, 0.3) is 0 Å². The third-order valence-electron chi connectivity index (χ3n) is 2.86. The number of nitrogens with two attached hydrogens (primary N) is 1. The Morgan fingerprint density at radius 3 is 3.00 bits per heavy atom. The van der Waals surface area contributed by atoms with Crippen LogP contribution in [0.2, 0.25) is 0 Å². The van der Waals surface area contributed by atoms with Crippen LogP contribution in [-0.4, -0.2) is 36.5 Å². The zero-order valence-corrected chi connectivity index (χ0v) is 11.0. The van der Waals surface area contributed by atoms with E-state index in [2.05, 4.69) is 10.3 Å². The van der Waals surface area contributed by atoms with E-state index < -0.39 is 6.10 Å². The fraction of sp³-hybridized carbons (Fsp3) is 0.357. The van der Waals surface area contributed by atoms with E-state index in [-0.39, 0.29) is 0 Å². The molecule has 2 rings (SSSR count). The van der Waals surface area contributed by atoms with E-state index in [9.17, 15) is 5.11 Å². The van der Waals surface area contributed by atoms with E-state index in [0.717, 1.165) is 22.4 Å². The molecule has 0 saturated carbocycles. The molecule has 4 N–H and O–H groups in total. The van der Waals surface area contributed by atoms with Gasteiger partial charge in [0.15, 0.2) is 0 Å². The topological polar surface area (TPSA) is 80.4 Å². The largest absolute Gasteiger partial charge is 0.399 e. The van der Waals surface area contributed by atoms with Gasteiger partial charge in [0.1, 0.15) is 5.82 Å². The molecule has 0 aliphatic rings. The average Bonchev–Trinajstić information content (AvgIpc) is 2.39. The molecule has 102 valence electrons. The third-order valence-corrected chi connectivity index (χ3v) is 2.86. The summed E-state index contributed by atoms with van der Waals surface area (Å²) in [4.78, 5) is 4.48. The van der Waals surface area contributed by atoms with Gasteiger partial charge in [0.2, 0.25) is 0 Å². The van der Waals surface area contributed by atoms with Crippen LogP contribution in [0.1, 0.15) is 6.42 Å². The summed E-state index contributed by atoms with van der Waals surface area (Å²) < 4.78 is 4.87. The number of hydrogen-bond donors (Lipinski definition) is 3. The monoisotopic (exact) mass is 261 g/mol. The Balaban J connectivity index is 1.96. The number of rotatable bonds is 6. The number of fused-ring (bicyclic) bond motifs is 1. The maximum absolute atomic E-state index is 9.53. The standard InChI is InChI=1S/C14H19N3O2/c1-19-9-12(18)6-7-16-14-5-2-10-8-11(15)3-4-13(10)17-14/h2-5,8,12,18H,6-7,9,15H2,1H3,(H,16,17). The molecule has 0 radical (unpaired) electrons. The Kier molecular flexibility index (Phi) is 4.54. The number of aromatic nitrogens is 1.